The topological polar surface area (TPSA) is 76.9 Å². The van der Waals surface area contributed by atoms with Gasteiger partial charge in [0.25, 0.3) is 0 Å². The summed E-state index contributed by atoms with van der Waals surface area (Å²) in [7, 11) is 1.56. The number of aryl methyl sites for hydroxylation is 1. The van der Waals surface area contributed by atoms with Crippen molar-refractivity contribution in [2.75, 3.05) is 11.6 Å². The summed E-state index contributed by atoms with van der Waals surface area (Å²) in [5.41, 5.74) is -2.85. The molecule has 2 heterocycles. The number of alkyl halides is 6. The first-order valence-corrected chi connectivity index (χ1v) is 11.3. The van der Waals surface area contributed by atoms with E-state index in [1.54, 1.807) is 20.9 Å². The highest BCUT2D eigenvalue weighted by atomic mass is 19.4. The van der Waals surface area contributed by atoms with Crippen LogP contribution < -0.4 is 5.06 Å². The highest BCUT2D eigenvalue weighted by Gasteiger charge is 2.38. The molecule has 0 aliphatic carbocycles. The van der Waals surface area contributed by atoms with Crippen LogP contribution in [0.4, 0.5) is 37.0 Å². The number of halogens is 6. The summed E-state index contributed by atoms with van der Waals surface area (Å²) in [6.45, 7) is 4.12. The number of hydrogen-bond donors (Lipinski definition) is 0. The van der Waals surface area contributed by atoms with Crippen LogP contribution in [0.2, 0.25) is 0 Å². The van der Waals surface area contributed by atoms with E-state index in [2.05, 4.69) is 5.10 Å². The Morgan fingerprint density at radius 1 is 1.11 bits per heavy atom. The number of amides is 1. The van der Waals surface area contributed by atoms with Crippen LogP contribution in [-0.2, 0) is 40.3 Å². The van der Waals surface area contributed by atoms with Gasteiger partial charge in [0.2, 0.25) is 5.91 Å². The molecular weight excluding hydrogens is 510 g/mol. The quantitative estimate of drug-likeness (QED) is 0.365. The van der Waals surface area contributed by atoms with E-state index in [4.69, 9.17) is 9.57 Å². The van der Waals surface area contributed by atoms with Crippen molar-refractivity contribution >= 4 is 17.9 Å². The molecule has 204 valence electrons. The number of fused-ring (bicyclic) bond motifs is 1. The molecule has 1 aromatic carbocycles. The minimum atomic E-state index is -5.02. The first-order chi connectivity index (χ1) is 17.1. The predicted molar refractivity (Wildman–Crippen MR) is 118 cm³/mol. The van der Waals surface area contributed by atoms with E-state index in [1.807, 2.05) is 0 Å². The Bertz CT molecular complexity index is 1110. The summed E-state index contributed by atoms with van der Waals surface area (Å²) in [6, 6.07) is 0.477. The summed E-state index contributed by atoms with van der Waals surface area (Å²) >= 11 is 0. The molecule has 1 amide bonds. The van der Waals surface area contributed by atoms with Crippen LogP contribution in [0.15, 0.2) is 24.4 Å². The minimum Gasteiger partial charge on any atom is -0.430 e. The van der Waals surface area contributed by atoms with E-state index in [0.717, 1.165) is 0 Å². The van der Waals surface area contributed by atoms with E-state index in [-0.39, 0.29) is 24.6 Å². The lowest BCUT2D eigenvalue weighted by Gasteiger charge is -2.31. The lowest BCUT2D eigenvalue weighted by atomic mass is 10.0. The van der Waals surface area contributed by atoms with Gasteiger partial charge in [-0.3, -0.25) is 4.79 Å². The molecule has 0 saturated heterocycles. The van der Waals surface area contributed by atoms with E-state index in [9.17, 15) is 35.9 Å². The number of anilines is 1. The van der Waals surface area contributed by atoms with Crippen molar-refractivity contribution in [1.29, 1.82) is 0 Å². The normalized spacial score (nSPS) is 16.3. The Balaban J connectivity index is 2.00. The second-order valence-corrected chi connectivity index (χ2v) is 8.88. The molecule has 1 aromatic heterocycles. The average Bonchev–Trinajstić information content (AvgIpc) is 3.04. The van der Waals surface area contributed by atoms with E-state index >= 15 is 0 Å². The standard InChI is InChI=1S/C23H26F6N4O4/c1-13(2)36-21(35)37-33-7-5-6-19(18-11-30-31(4)20(18)33)32(14(3)34)12-15-8-16(22(24,25)26)10-17(9-15)23(27,28)29/h8-11,13,19H,5-7,12H2,1-4H3. The van der Waals surface area contributed by atoms with Gasteiger partial charge in [0.1, 0.15) is 0 Å². The molecule has 2 aromatic rings. The number of hydrogen-bond acceptors (Lipinski definition) is 6. The fourth-order valence-electron chi connectivity index (χ4n) is 4.14. The monoisotopic (exact) mass is 536 g/mol. The highest BCUT2D eigenvalue weighted by molar-refractivity contribution is 5.74. The largest absolute Gasteiger partial charge is 0.533 e. The molecule has 1 aliphatic heterocycles. The van der Waals surface area contributed by atoms with Gasteiger partial charge in [-0.25, -0.2) is 9.48 Å². The summed E-state index contributed by atoms with van der Waals surface area (Å²) in [5, 5.41) is 5.41. The first kappa shape index (κ1) is 28.1. The van der Waals surface area contributed by atoms with Crippen molar-refractivity contribution in [2.45, 2.75) is 64.7 Å². The molecule has 8 nitrogen and oxygen atoms in total. The number of carbonyl (C=O) groups excluding carboxylic acids is 2. The third kappa shape index (κ3) is 6.66. The lowest BCUT2D eigenvalue weighted by Crippen LogP contribution is -2.33. The van der Waals surface area contributed by atoms with Crippen LogP contribution in [0.3, 0.4) is 0 Å². The van der Waals surface area contributed by atoms with Crippen molar-refractivity contribution in [1.82, 2.24) is 14.7 Å². The van der Waals surface area contributed by atoms with Crippen molar-refractivity contribution in [3.05, 3.63) is 46.6 Å². The maximum Gasteiger partial charge on any atom is 0.533 e. The first-order valence-electron chi connectivity index (χ1n) is 11.3. The highest BCUT2D eigenvalue weighted by Crippen LogP contribution is 2.40. The van der Waals surface area contributed by atoms with Gasteiger partial charge in [-0.1, -0.05) is 0 Å². The Labute approximate surface area is 208 Å². The average molecular weight is 536 g/mol. The van der Waals surface area contributed by atoms with Gasteiger partial charge in [-0.05, 0) is 50.5 Å². The van der Waals surface area contributed by atoms with Gasteiger partial charge in [-0.15, -0.1) is 0 Å². The molecule has 0 radical (unpaired) electrons. The zero-order valence-electron chi connectivity index (χ0n) is 20.5. The molecule has 0 saturated carbocycles. The van der Waals surface area contributed by atoms with E-state index in [1.165, 1.54) is 27.8 Å². The molecule has 0 bridgehead atoms. The fourth-order valence-corrected chi connectivity index (χ4v) is 4.14. The molecule has 0 spiro atoms. The Hall–Kier alpha value is -3.45. The second kappa shape index (κ2) is 10.5. The van der Waals surface area contributed by atoms with Crippen LogP contribution in [0.1, 0.15) is 61.9 Å². The molecule has 1 atom stereocenters. The molecule has 1 aliphatic rings. The second-order valence-electron chi connectivity index (χ2n) is 8.88. The number of nitrogens with zero attached hydrogens (tertiary/aromatic N) is 4. The van der Waals surface area contributed by atoms with Crippen LogP contribution >= 0.6 is 0 Å². The number of hydroxylamine groups is 1. The number of rotatable bonds is 5. The van der Waals surface area contributed by atoms with Gasteiger partial charge >= 0.3 is 18.5 Å². The van der Waals surface area contributed by atoms with Crippen LogP contribution in [0, 0.1) is 0 Å². The third-order valence-electron chi connectivity index (χ3n) is 5.67. The van der Waals surface area contributed by atoms with Gasteiger partial charge in [0, 0.05) is 26.1 Å². The Kier molecular flexibility index (Phi) is 7.98. The molecule has 37 heavy (non-hydrogen) atoms. The summed E-state index contributed by atoms with van der Waals surface area (Å²) in [6.07, 6.45) is -9.38. The SMILES string of the molecule is CC(=O)N(Cc1cc(C(F)(F)F)cc(C(F)(F)F)c1)C1CCCN(OC(=O)OC(C)C)c2c1cnn2C. The molecule has 14 heteroatoms. The number of carbonyl (C=O) groups is 2. The van der Waals surface area contributed by atoms with Crippen LogP contribution in [-0.4, -0.2) is 39.4 Å². The zero-order chi connectivity index (χ0) is 27.7. The van der Waals surface area contributed by atoms with Gasteiger partial charge < -0.3 is 14.5 Å². The molecule has 1 unspecified atom stereocenters. The van der Waals surface area contributed by atoms with Crippen molar-refractivity contribution in [3.8, 4) is 0 Å². The van der Waals surface area contributed by atoms with Gasteiger partial charge in [0.15, 0.2) is 5.82 Å². The summed E-state index contributed by atoms with van der Waals surface area (Å²) < 4.78 is 86.5. The van der Waals surface area contributed by atoms with Crippen molar-refractivity contribution < 1.29 is 45.5 Å². The van der Waals surface area contributed by atoms with Gasteiger partial charge in [-0.2, -0.15) is 36.5 Å². The van der Waals surface area contributed by atoms with Crippen LogP contribution in [0.25, 0.3) is 0 Å². The number of aromatic nitrogens is 2. The minimum absolute atomic E-state index is 0.0396. The zero-order valence-corrected chi connectivity index (χ0v) is 20.5. The maximum atomic E-state index is 13.4. The van der Waals surface area contributed by atoms with Crippen LogP contribution in [0.5, 0.6) is 0 Å². The summed E-state index contributed by atoms with van der Waals surface area (Å²) in [5.74, 6) is -0.270. The molecule has 0 fully saturated rings. The Morgan fingerprint density at radius 3 is 2.22 bits per heavy atom. The third-order valence-corrected chi connectivity index (χ3v) is 5.67. The predicted octanol–water partition coefficient (Wildman–Crippen LogP) is 5.62. The van der Waals surface area contributed by atoms with Crippen molar-refractivity contribution in [3.63, 3.8) is 0 Å². The molecular formula is C23H26F6N4O4. The molecule has 0 N–H and O–H groups in total. The molecule has 3 rings (SSSR count). The maximum absolute atomic E-state index is 13.4. The number of benzene rings is 1. The Morgan fingerprint density at radius 2 is 1.70 bits per heavy atom. The number of ether oxygens (including phenoxy) is 1. The lowest BCUT2D eigenvalue weighted by molar-refractivity contribution is -0.143. The van der Waals surface area contributed by atoms with Crippen molar-refractivity contribution in [2.24, 2.45) is 7.05 Å². The fraction of sp³-hybridized carbons (Fsp3) is 0.522. The summed E-state index contributed by atoms with van der Waals surface area (Å²) in [4.78, 5) is 31.3. The van der Waals surface area contributed by atoms with E-state index < -0.39 is 54.2 Å². The smallest absolute Gasteiger partial charge is 0.430 e. The van der Waals surface area contributed by atoms with E-state index in [0.29, 0.717) is 29.9 Å². The van der Waals surface area contributed by atoms with Gasteiger partial charge in [0.05, 0.1) is 36.0 Å².